The van der Waals surface area contributed by atoms with Crippen LogP contribution in [-0.4, -0.2) is 29.1 Å². The summed E-state index contributed by atoms with van der Waals surface area (Å²) in [5.74, 6) is -1.33. The van der Waals surface area contributed by atoms with E-state index in [0.717, 1.165) is 25.7 Å². The van der Waals surface area contributed by atoms with Crippen molar-refractivity contribution < 1.29 is 14.7 Å². The zero-order valence-corrected chi connectivity index (χ0v) is 12.4. The van der Waals surface area contributed by atoms with Crippen molar-refractivity contribution in [2.45, 2.75) is 44.2 Å². The zero-order chi connectivity index (χ0) is 15.2. The molecule has 2 rings (SSSR count). The summed E-state index contributed by atoms with van der Waals surface area (Å²) in [6, 6.07) is 6.11. The van der Waals surface area contributed by atoms with Crippen molar-refractivity contribution in [1.82, 2.24) is 5.32 Å². The minimum absolute atomic E-state index is 0.0989. The number of aliphatic carboxylic acids is 1. The first-order valence-electron chi connectivity index (χ1n) is 7.09. The summed E-state index contributed by atoms with van der Waals surface area (Å²) < 4.78 is 0. The Kier molecular flexibility index (Phi) is 5.59. The second kappa shape index (κ2) is 7.43. The molecule has 0 heterocycles. The molecule has 114 valence electrons. The number of benzene rings is 1. The van der Waals surface area contributed by atoms with Crippen molar-refractivity contribution >= 4 is 29.2 Å². The molecule has 0 unspecified atom stereocenters. The van der Waals surface area contributed by atoms with E-state index in [4.69, 9.17) is 11.6 Å². The summed E-state index contributed by atoms with van der Waals surface area (Å²) in [5, 5.41) is 15.5. The van der Waals surface area contributed by atoms with Crippen LogP contribution < -0.4 is 10.6 Å². The molecule has 1 aromatic rings. The van der Waals surface area contributed by atoms with Gasteiger partial charge in [-0.3, -0.25) is 9.59 Å². The number of amides is 1. The lowest BCUT2D eigenvalue weighted by atomic mass is 10.1. The Bertz CT molecular complexity index is 515. The van der Waals surface area contributed by atoms with E-state index in [1.807, 2.05) is 0 Å². The normalized spacial score (nSPS) is 16.6. The predicted molar refractivity (Wildman–Crippen MR) is 81.5 cm³/mol. The van der Waals surface area contributed by atoms with Crippen molar-refractivity contribution in [2.75, 3.05) is 5.32 Å². The fourth-order valence-electron chi connectivity index (χ4n) is 2.56. The molecule has 1 amide bonds. The first-order chi connectivity index (χ1) is 10.0. The van der Waals surface area contributed by atoms with Crippen molar-refractivity contribution in [2.24, 2.45) is 0 Å². The average molecular weight is 311 g/mol. The van der Waals surface area contributed by atoms with Gasteiger partial charge in [0.1, 0.15) is 6.04 Å². The summed E-state index contributed by atoms with van der Waals surface area (Å²) in [5.41, 5.74) is 0.567. The minimum Gasteiger partial charge on any atom is -0.480 e. The molecule has 6 heteroatoms. The third-order valence-corrected chi connectivity index (χ3v) is 3.82. The number of carbonyl (C=O) groups is 2. The van der Waals surface area contributed by atoms with Crippen LogP contribution in [-0.2, 0) is 9.59 Å². The Morgan fingerprint density at radius 2 is 2.05 bits per heavy atom. The SMILES string of the molecule is O=C(C[C@H](NC1CCCC1)C(=O)O)Nc1cccc(Cl)c1. The van der Waals surface area contributed by atoms with E-state index in [-0.39, 0.29) is 18.4 Å². The van der Waals surface area contributed by atoms with Crippen LogP contribution in [0.5, 0.6) is 0 Å². The van der Waals surface area contributed by atoms with E-state index in [0.29, 0.717) is 10.7 Å². The van der Waals surface area contributed by atoms with Gasteiger partial charge in [0, 0.05) is 16.8 Å². The minimum atomic E-state index is -0.997. The highest BCUT2D eigenvalue weighted by Gasteiger charge is 2.26. The molecule has 1 aliphatic rings. The van der Waals surface area contributed by atoms with Gasteiger partial charge < -0.3 is 15.7 Å². The third-order valence-electron chi connectivity index (χ3n) is 3.59. The lowest BCUT2D eigenvalue weighted by molar-refractivity contribution is -0.141. The van der Waals surface area contributed by atoms with Gasteiger partial charge in [-0.2, -0.15) is 0 Å². The maximum Gasteiger partial charge on any atom is 0.321 e. The second-order valence-electron chi connectivity index (χ2n) is 5.30. The molecule has 1 aliphatic carbocycles. The molecule has 1 aromatic carbocycles. The number of nitrogens with one attached hydrogen (secondary N) is 2. The Balaban J connectivity index is 1.90. The molecule has 1 saturated carbocycles. The number of rotatable bonds is 6. The lowest BCUT2D eigenvalue weighted by Crippen LogP contribution is -2.44. The van der Waals surface area contributed by atoms with Crippen LogP contribution in [0, 0.1) is 0 Å². The van der Waals surface area contributed by atoms with Gasteiger partial charge in [0.2, 0.25) is 5.91 Å². The van der Waals surface area contributed by atoms with E-state index in [1.165, 1.54) is 0 Å². The van der Waals surface area contributed by atoms with E-state index in [9.17, 15) is 14.7 Å². The van der Waals surface area contributed by atoms with Crippen LogP contribution >= 0.6 is 11.6 Å². The Labute approximate surface area is 128 Å². The maximum atomic E-state index is 12.0. The maximum absolute atomic E-state index is 12.0. The van der Waals surface area contributed by atoms with Crippen molar-refractivity contribution in [3.8, 4) is 0 Å². The molecule has 0 aromatic heterocycles. The monoisotopic (exact) mass is 310 g/mol. The van der Waals surface area contributed by atoms with Crippen molar-refractivity contribution in [3.05, 3.63) is 29.3 Å². The molecule has 0 bridgehead atoms. The van der Waals surface area contributed by atoms with Crippen LogP contribution in [0.2, 0.25) is 5.02 Å². The lowest BCUT2D eigenvalue weighted by Gasteiger charge is -2.19. The number of hydrogen-bond donors (Lipinski definition) is 3. The van der Waals surface area contributed by atoms with Gasteiger partial charge in [-0.25, -0.2) is 0 Å². The van der Waals surface area contributed by atoms with Crippen LogP contribution in [0.1, 0.15) is 32.1 Å². The van der Waals surface area contributed by atoms with E-state index in [1.54, 1.807) is 24.3 Å². The van der Waals surface area contributed by atoms with Crippen LogP contribution in [0.4, 0.5) is 5.69 Å². The summed E-state index contributed by atoms with van der Waals surface area (Å²) in [4.78, 5) is 23.2. The standard InChI is InChI=1S/C15H19ClN2O3/c16-10-4-3-7-12(8-10)18-14(19)9-13(15(20)21)17-11-5-1-2-6-11/h3-4,7-8,11,13,17H,1-2,5-6,9H2,(H,18,19)(H,20,21)/t13-/m0/s1. The van der Waals surface area contributed by atoms with Gasteiger partial charge >= 0.3 is 5.97 Å². The fraction of sp³-hybridized carbons (Fsp3) is 0.467. The predicted octanol–water partition coefficient (Wildman–Crippen LogP) is 2.65. The quantitative estimate of drug-likeness (QED) is 0.755. The van der Waals surface area contributed by atoms with Crippen molar-refractivity contribution in [3.63, 3.8) is 0 Å². The summed E-state index contributed by atoms with van der Waals surface area (Å²) >= 11 is 5.84. The molecule has 1 fully saturated rings. The molecule has 21 heavy (non-hydrogen) atoms. The number of carboxylic acid groups (broad SMARTS) is 1. The van der Waals surface area contributed by atoms with Crippen molar-refractivity contribution in [1.29, 1.82) is 0 Å². The van der Waals surface area contributed by atoms with Gasteiger partial charge in [0.15, 0.2) is 0 Å². The summed E-state index contributed by atoms with van der Waals surface area (Å²) in [6.07, 6.45) is 4.06. The smallest absolute Gasteiger partial charge is 0.321 e. The Hall–Kier alpha value is -1.59. The second-order valence-corrected chi connectivity index (χ2v) is 5.74. The molecule has 5 nitrogen and oxygen atoms in total. The molecular weight excluding hydrogens is 292 g/mol. The first-order valence-corrected chi connectivity index (χ1v) is 7.46. The summed E-state index contributed by atoms with van der Waals surface area (Å²) in [6.45, 7) is 0. The summed E-state index contributed by atoms with van der Waals surface area (Å²) in [7, 11) is 0. The number of hydrogen-bond acceptors (Lipinski definition) is 3. The van der Waals surface area contributed by atoms with E-state index >= 15 is 0 Å². The number of halogens is 1. The van der Waals surface area contributed by atoms with E-state index in [2.05, 4.69) is 10.6 Å². The average Bonchev–Trinajstić information content (AvgIpc) is 2.90. The van der Waals surface area contributed by atoms with Gasteiger partial charge in [-0.1, -0.05) is 30.5 Å². The Morgan fingerprint density at radius 3 is 2.67 bits per heavy atom. The third kappa shape index (κ3) is 5.02. The molecule has 0 saturated heterocycles. The Morgan fingerprint density at radius 1 is 1.33 bits per heavy atom. The topological polar surface area (TPSA) is 78.4 Å². The highest BCUT2D eigenvalue weighted by atomic mass is 35.5. The van der Waals surface area contributed by atoms with Gasteiger partial charge in [-0.05, 0) is 31.0 Å². The highest BCUT2D eigenvalue weighted by Crippen LogP contribution is 2.19. The zero-order valence-electron chi connectivity index (χ0n) is 11.6. The molecular formula is C15H19ClN2O3. The number of carbonyl (C=O) groups excluding carboxylic acids is 1. The van der Waals surface area contributed by atoms with Crippen LogP contribution in [0.15, 0.2) is 24.3 Å². The van der Waals surface area contributed by atoms with Gasteiger partial charge in [-0.15, -0.1) is 0 Å². The van der Waals surface area contributed by atoms with Gasteiger partial charge in [0.25, 0.3) is 0 Å². The highest BCUT2D eigenvalue weighted by molar-refractivity contribution is 6.30. The number of anilines is 1. The van der Waals surface area contributed by atoms with Crippen LogP contribution in [0.25, 0.3) is 0 Å². The first kappa shape index (κ1) is 15.8. The van der Waals surface area contributed by atoms with E-state index < -0.39 is 12.0 Å². The number of carboxylic acids is 1. The molecule has 0 radical (unpaired) electrons. The molecule has 3 N–H and O–H groups in total. The molecule has 0 aliphatic heterocycles. The molecule has 1 atom stereocenters. The van der Waals surface area contributed by atoms with Crippen LogP contribution in [0.3, 0.4) is 0 Å². The van der Waals surface area contributed by atoms with Gasteiger partial charge in [0.05, 0.1) is 6.42 Å². The fourth-order valence-corrected chi connectivity index (χ4v) is 2.75. The largest absolute Gasteiger partial charge is 0.480 e. The molecule has 0 spiro atoms.